The zero-order valence-corrected chi connectivity index (χ0v) is 19.6. The van der Waals surface area contributed by atoms with E-state index in [1.165, 1.54) is 0 Å². The fourth-order valence-electron chi connectivity index (χ4n) is 4.34. The number of hydrogen-bond donors (Lipinski definition) is 2. The fourth-order valence-corrected chi connectivity index (χ4v) is 4.34. The van der Waals surface area contributed by atoms with Crippen LogP contribution in [0.25, 0.3) is 0 Å². The van der Waals surface area contributed by atoms with Gasteiger partial charge in [0, 0.05) is 37.1 Å². The lowest BCUT2D eigenvalue weighted by Gasteiger charge is -2.20. The standard InChI is InChI=1S/C26H27F3N4O2/c1-32(2)15-18(34)14-31-26(35)20-4-3-5-23-19(20)7-9-33(23)24-13-16(6-8-30-24)10-17-11-21(27)25(29)22(28)12-17/h3-6,8,11-13,18,34H,7,9-10,14-15H2,1-2H3,(H,31,35). The highest BCUT2D eigenvalue weighted by Crippen LogP contribution is 2.36. The van der Waals surface area contributed by atoms with Crippen molar-refractivity contribution in [2.24, 2.45) is 0 Å². The first kappa shape index (κ1) is 24.7. The minimum Gasteiger partial charge on any atom is -0.390 e. The van der Waals surface area contributed by atoms with Gasteiger partial charge < -0.3 is 20.2 Å². The zero-order valence-electron chi connectivity index (χ0n) is 19.6. The molecule has 1 amide bonds. The summed E-state index contributed by atoms with van der Waals surface area (Å²) in [5, 5.41) is 12.8. The molecule has 0 spiro atoms. The van der Waals surface area contributed by atoms with Crippen LogP contribution in [0.2, 0.25) is 0 Å². The third-order valence-corrected chi connectivity index (χ3v) is 5.88. The van der Waals surface area contributed by atoms with Crippen molar-refractivity contribution in [3.8, 4) is 0 Å². The van der Waals surface area contributed by atoms with E-state index in [0.29, 0.717) is 36.5 Å². The second-order valence-electron chi connectivity index (χ2n) is 8.90. The van der Waals surface area contributed by atoms with Crippen LogP contribution in [0.3, 0.4) is 0 Å². The highest BCUT2D eigenvalue weighted by Gasteiger charge is 2.26. The van der Waals surface area contributed by atoms with E-state index in [1.807, 2.05) is 36.0 Å². The molecule has 0 saturated heterocycles. The van der Waals surface area contributed by atoms with Crippen LogP contribution >= 0.6 is 0 Å². The van der Waals surface area contributed by atoms with E-state index in [0.717, 1.165) is 28.9 Å². The van der Waals surface area contributed by atoms with Crippen molar-refractivity contribution in [3.05, 3.63) is 88.4 Å². The van der Waals surface area contributed by atoms with Crippen molar-refractivity contribution in [1.29, 1.82) is 0 Å². The number of hydrogen-bond acceptors (Lipinski definition) is 5. The number of pyridine rings is 1. The van der Waals surface area contributed by atoms with Gasteiger partial charge in [-0.25, -0.2) is 18.2 Å². The Morgan fingerprint density at radius 1 is 1.14 bits per heavy atom. The molecule has 4 rings (SSSR count). The van der Waals surface area contributed by atoms with Gasteiger partial charge in [0.1, 0.15) is 5.82 Å². The van der Waals surface area contributed by atoms with Crippen LogP contribution in [-0.4, -0.2) is 60.7 Å². The highest BCUT2D eigenvalue weighted by molar-refractivity contribution is 5.98. The lowest BCUT2D eigenvalue weighted by atomic mass is 10.0. The summed E-state index contributed by atoms with van der Waals surface area (Å²) in [6.45, 7) is 1.21. The van der Waals surface area contributed by atoms with Crippen LogP contribution in [0, 0.1) is 17.5 Å². The van der Waals surface area contributed by atoms with Gasteiger partial charge in [-0.15, -0.1) is 0 Å². The first-order valence-corrected chi connectivity index (χ1v) is 11.3. The number of aromatic nitrogens is 1. The number of amides is 1. The van der Waals surface area contributed by atoms with E-state index in [1.54, 1.807) is 24.4 Å². The van der Waals surface area contributed by atoms with Gasteiger partial charge in [0.2, 0.25) is 0 Å². The SMILES string of the molecule is CN(C)CC(O)CNC(=O)c1cccc2c1CCN2c1cc(Cc2cc(F)c(F)c(F)c2)ccn1. The number of carbonyl (C=O) groups excluding carboxylic acids is 1. The topological polar surface area (TPSA) is 68.7 Å². The number of nitrogens with zero attached hydrogens (tertiary/aromatic N) is 3. The van der Waals surface area contributed by atoms with E-state index in [-0.39, 0.29) is 18.9 Å². The molecule has 1 unspecified atom stereocenters. The molecular weight excluding hydrogens is 457 g/mol. The Balaban J connectivity index is 1.52. The minimum absolute atomic E-state index is 0.151. The van der Waals surface area contributed by atoms with Crippen LogP contribution in [0.5, 0.6) is 0 Å². The minimum atomic E-state index is -1.48. The number of carbonyl (C=O) groups is 1. The van der Waals surface area contributed by atoms with Gasteiger partial charge in [-0.3, -0.25) is 4.79 Å². The number of aliphatic hydroxyl groups excluding tert-OH is 1. The lowest BCUT2D eigenvalue weighted by Crippen LogP contribution is -2.37. The molecule has 1 aliphatic rings. The summed E-state index contributed by atoms with van der Waals surface area (Å²) in [6.07, 6.45) is 1.79. The number of anilines is 2. The molecule has 35 heavy (non-hydrogen) atoms. The number of aliphatic hydroxyl groups is 1. The second kappa shape index (κ2) is 10.5. The van der Waals surface area contributed by atoms with E-state index in [9.17, 15) is 23.1 Å². The number of benzene rings is 2. The van der Waals surface area contributed by atoms with Gasteiger partial charge in [-0.1, -0.05) is 6.07 Å². The van der Waals surface area contributed by atoms with Crippen LogP contribution in [0.4, 0.5) is 24.7 Å². The summed E-state index contributed by atoms with van der Waals surface area (Å²) >= 11 is 0. The Bertz CT molecular complexity index is 1210. The summed E-state index contributed by atoms with van der Waals surface area (Å²) in [6, 6.07) is 11.0. The Morgan fingerprint density at radius 2 is 1.89 bits per heavy atom. The Kier molecular flexibility index (Phi) is 7.37. The maximum Gasteiger partial charge on any atom is 0.251 e. The summed E-state index contributed by atoms with van der Waals surface area (Å²) in [7, 11) is 3.70. The number of fused-ring (bicyclic) bond motifs is 1. The lowest BCUT2D eigenvalue weighted by molar-refractivity contribution is 0.0891. The highest BCUT2D eigenvalue weighted by atomic mass is 19.2. The third kappa shape index (κ3) is 5.63. The zero-order chi connectivity index (χ0) is 25.1. The third-order valence-electron chi connectivity index (χ3n) is 5.88. The van der Waals surface area contributed by atoms with Crippen molar-refractivity contribution >= 4 is 17.4 Å². The Labute approximate surface area is 202 Å². The molecule has 1 aliphatic heterocycles. The number of rotatable bonds is 8. The molecule has 0 aliphatic carbocycles. The van der Waals surface area contributed by atoms with Crippen LogP contribution in [0.15, 0.2) is 48.7 Å². The number of nitrogens with one attached hydrogen (secondary N) is 1. The van der Waals surface area contributed by atoms with Gasteiger partial charge in [0.05, 0.1) is 6.10 Å². The quantitative estimate of drug-likeness (QED) is 0.480. The maximum absolute atomic E-state index is 13.6. The predicted octanol–water partition coefficient (Wildman–Crippen LogP) is 3.44. The Hall–Kier alpha value is -3.43. The largest absolute Gasteiger partial charge is 0.390 e. The first-order valence-electron chi connectivity index (χ1n) is 11.3. The van der Waals surface area contributed by atoms with Gasteiger partial charge in [-0.05, 0) is 80.0 Å². The average molecular weight is 485 g/mol. The summed E-state index contributed by atoms with van der Waals surface area (Å²) < 4.78 is 40.5. The molecule has 2 aromatic carbocycles. The molecule has 184 valence electrons. The van der Waals surface area contributed by atoms with Crippen LogP contribution < -0.4 is 10.2 Å². The van der Waals surface area contributed by atoms with Crippen molar-refractivity contribution in [1.82, 2.24) is 15.2 Å². The molecule has 1 aromatic heterocycles. The molecular formula is C26H27F3N4O2. The molecule has 9 heteroatoms. The van der Waals surface area contributed by atoms with Crippen molar-refractivity contribution in [2.75, 3.05) is 38.6 Å². The summed E-state index contributed by atoms with van der Waals surface area (Å²) in [4.78, 5) is 21.1. The van der Waals surface area contributed by atoms with Gasteiger partial charge in [-0.2, -0.15) is 0 Å². The van der Waals surface area contributed by atoms with E-state index >= 15 is 0 Å². The smallest absolute Gasteiger partial charge is 0.251 e. The van der Waals surface area contributed by atoms with Gasteiger partial charge >= 0.3 is 0 Å². The molecule has 6 nitrogen and oxygen atoms in total. The van der Waals surface area contributed by atoms with Crippen LogP contribution in [0.1, 0.15) is 27.0 Å². The molecule has 1 atom stereocenters. The van der Waals surface area contributed by atoms with Crippen molar-refractivity contribution in [3.63, 3.8) is 0 Å². The van der Waals surface area contributed by atoms with Crippen molar-refractivity contribution < 1.29 is 23.1 Å². The summed E-state index contributed by atoms with van der Waals surface area (Å²) in [5.74, 6) is -3.53. The fraction of sp³-hybridized carbons (Fsp3) is 0.308. The van der Waals surface area contributed by atoms with Gasteiger partial charge in [0.15, 0.2) is 17.5 Å². The first-order chi connectivity index (χ1) is 16.7. The van der Waals surface area contributed by atoms with E-state index in [2.05, 4.69) is 10.3 Å². The van der Waals surface area contributed by atoms with Gasteiger partial charge in [0.25, 0.3) is 5.91 Å². The molecule has 2 N–H and O–H groups in total. The number of likely N-dealkylation sites (N-methyl/N-ethyl adjacent to an activating group) is 1. The maximum atomic E-state index is 13.6. The molecule has 3 aromatic rings. The average Bonchev–Trinajstić information content (AvgIpc) is 3.25. The molecule has 0 bridgehead atoms. The van der Waals surface area contributed by atoms with Crippen molar-refractivity contribution in [2.45, 2.75) is 18.9 Å². The number of halogens is 3. The van der Waals surface area contributed by atoms with E-state index in [4.69, 9.17) is 0 Å². The normalized spacial score (nSPS) is 13.7. The monoisotopic (exact) mass is 484 g/mol. The van der Waals surface area contributed by atoms with Crippen LogP contribution in [-0.2, 0) is 12.8 Å². The summed E-state index contributed by atoms with van der Waals surface area (Å²) in [5.41, 5.74) is 3.38. The molecule has 2 heterocycles. The van der Waals surface area contributed by atoms with E-state index < -0.39 is 23.6 Å². The predicted molar refractivity (Wildman–Crippen MR) is 127 cm³/mol. The second-order valence-corrected chi connectivity index (χ2v) is 8.90. The molecule has 0 fully saturated rings. The Morgan fingerprint density at radius 3 is 2.60 bits per heavy atom. The molecule has 0 saturated carbocycles. The molecule has 0 radical (unpaired) electrons.